The maximum Gasteiger partial charge on any atom is 0.258 e. The average Bonchev–Trinajstić information content (AvgIpc) is 3.04. The summed E-state index contributed by atoms with van der Waals surface area (Å²) in [4.78, 5) is 29.4. The Labute approximate surface area is 263 Å². The summed E-state index contributed by atoms with van der Waals surface area (Å²) in [6.45, 7) is -0.00577. The molecule has 0 atom stereocenters. The predicted octanol–water partition coefficient (Wildman–Crippen LogP) is 7.15. The molecular formula is C34H27Cl2N3O5. The van der Waals surface area contributed by atoms with E-state index in [0.717, 1.165) is 16.3 Å². The highest BCUT2D eigenvalue weighted by Crippen LogP contribution is 2.31. The largest absolute Gasteiger partial charge is 0.506 e. The molecule has 0 aliphatic carbocycles. The number of carbonyl (C=O) groups excluding carboxylic acids is 2. The number of aliphatic imine (C=N–C) groups is 1. The molecule has 0 aliphatic heterocycles. The second-order valence-electron chi connectivity index (χ2n) is 9.54. The van der Waals surface area contributed by atoms with E-state index < -0.39 is 0 Å². The third-order valence-corrected chi connectivity index (χ3v) is 7.21. The molecule has 0 saturated heterocycles. The van der Waals surface area contributed by atoms with Crippen molar-refractivity contribution in [3.8, 4) is 23.0 Å². The molecule has 5 aromatic carbocycles. The average molecular weight is 629 g/mol. The minimum absolute atomic E-state index is 0.0353. The van der Waals surface area contributed by atoms with E-state index in [0.29, 0.717) is 33.4 Å². The molecule has 5 aromatic rings. The van der Waals surface area contributed by atoms with Crippen molar-refractivity contribution in [2.75, 3.05) is 13.3 Å². The molecule has 0 radical (unpaired) electrons. The first kappa shape index (κ1) is 30.4. The van der Waals surface area contributed by atoms with Crippen LogP contribution in [0.2, 0.25) is 10.0 Å². The zero-order chi connectivity index (χ0) is 30.9. The molecule has 2 amide bonds. The summed E-state index contributed by atoms with van der Waals surface area (Å²) in [5.41, 5.74) is 1.78. The lowest BCUT2D eigenvalue weighted by atomic mass is 10.0. The molecule has 0 aromatic heterocycles. The number of benzene rings is 5. The molecule has 8 nitrogen and oxygen atoms in total. The number of rotatable bonds is 11. The Bertz CT molecular complexity index is 1830. The van der Waals surface area contributed by atoms with Gasteiger partial charge in [-0.25, -0.2) is 0 Å². The van der Waals surface area contributed by atoms with Crippen LogP contribution < -0.4 is 20.1 Å². The number of phenols is 1. The Morgan fingerprint density at radius 1 is 0.795 bits per heavy atom. The van der Waals surface area contributed by atoms with E-state index in [4.69, 9.17) is 32.7 Å². The molecule has 10 heteroatoms. The number of nitrogens with zero attached hydrogens (tertiary/aromatic N) is 1. The summed E-state index contributed by atoms with van der Waals surface area (Å²) in [7, 11) is 0. The Kier molecular flexibility index (Phi) is 9.96. The zero-order valence-corrected chi connectivity index (χ0v) is 24.8. The lowest BCUT2D eigenvalue weighted by molar-refractivity contribution is -0.123. The molecule has 5 rings (SSSR count). The number of amides is 2. The first-order valence-corrected chi connectivity index (χ1v) is 14.3. The molecule has 222 valence electrons. The van der Waals surface area contributed by atoms with Crippen LogP contribution in [0.5, 0.6) is 23.0 Å². The molecule has 0 saturated carbocycles. The van der Waals surface area contributed by atoms with Crippen LogP contribution in [-0.4, -0.2) is 36.4 Å². The van der Waals surface area contributed by atoms with Gasteiger partial charge in [0.15, 0.2) is 6.61 Å². The Morgan fingerprint density at radius 3 is 2.36 bits per heavy atom. The minimum atomic E-state index is -0.370. The van der Waals surface area contributed by atoms with E-state index in [1.807, 2.05) is 60.7 Å². The summed E-state index contributed by atoms with van der Waals surface area (Å²) in [6.07, 6.45) is 1.65. The number of halogens is 2. The summed E-state index contributed by atoms with van der Waals surface area (Å²) in [5, 5.41) is 17.3. The van der Waals surface area contributed by atoms with Crippen LogP contribution in [-0.2, 0) is 11.3 Å². The number of ether oxygens (including phenoxy) is 2. The number of aromatic hydroxyl groups is 1. The van der Waals surface area contributed by atoms with E-state index in [9.17, 15) is 14.7 Å². The van der Waals surface area contributed by atoms with Gasteiger partial charge in [-0.3, -0.25) is 14.6 Å². The van der Waals surface area contributed by atoms with Gasteiger partial charge >= 0.3 is 0 Å². The topological polar surface area (TPSA) is 109 Å². The van der Waals surface area contributed by atoms with Crippen LogP contribution in [0.25, 0.3) is 10.8 Å². The summed E-state index contributed by atoms with van der Waals surface area (Å²) in [5.74, 6) is 0.965. The van der Waals surface area contributed by atoms with Gasteiger partial charge in [-0.2, -0.15) is 0 Å². The highest BCUT2D eigenvalue weighted by atomic mass is 35.5. The van der Waals surface area contributed by atoms with Crippen LogP contribution in [0, 0.1) is 0 Å². The highest BCUT2D eigenvalue weighted by Gasteiger charge is 2.13. The molecule has 3 N–H and O–H groups in total. The van der Waals surface area contributed by atoms with E-state index in [-0.39, 0.29) is 42.4 Å². The van der Waals surface area contributed by atoms with Crippen LogP contribution in [0.3, 0.4) is 0 Å². The van der Waals surface area contributed by atoms with Crippen molar-refractivity contribution < 1.29 is 24.2 Å². The van der Waals surface area contributed by atoms with Crippen LogP contribution in [0.4, 0.5) is 0 Å². The van der Waals surface area contributed by atoms with Gasteiger partial charge in [0.25, 0.3) is 11.8 Å². The molecule has 0 fully saturated rings. The van der Waals surface area contributed by atoms with Crippen LogP contribution in [0.15, 0.2) is 108 Å². The van der Waals surface area contributed by atoms with E-state index in [2.05, 4.69) is 15.6 Å². The molecule has 0 heterocycles. The summed E-state index contributed by atoms with van der Waals surface area (Å²) >= 11 is 12.3. The second-order valence-corrected chi connectivity index (χ2v) is 10.4. The van der Waals surface area contributed by atoms with Gasteiger partial charge in [0.1, 0.15) is 29.7 Å². The Hall–Kier alpha value is -5.05. The van der Waals surface area contributed by atoms with Crippen molar-refractivity contribution in [3.63, 3.8) is 0 Å². The standard InChI is InChI=1S/C34H27Cl2N3O5/c35-28-11-6-12-32(44-24-7-2-1-3-8-24)27(28)19-38-33(41)20-43-31-16-14-23(25-9-4-5-10-26(25)31)18-37-21-39-34(42)22-13-15-30(40)29(36)17-22/h1-18,40H,19-21H2,(H,38,41)(H,39,42)/b37-18+. The minimum Gasteiger partial charge on any atom is -0.506 e. The predicted molar refractivity (Wildman–Crippen MR) is 172 cm³/mol. The van der Waals surface area contributed by atoms with Crippen molar-refractivity contribution in [2.45, 2.75) is 6.54 Å². The zero-order valence-electron chi connectivity index (χ0n) is 23.3. The number of carbonyl (C=O) groups is 2. The molecule has 0 bridgehead atoms. The van der Waals surface area contributed by atoms with Gasteiger partial charge < -0.3 is 25.2 Å². The monoisotopic (exact) mass is 627 g/mol. The first-order chi connectivity index (χ1) is 21.4. The van der Waals surface area contributed by atoms with E-state index >= 15 is 0 Å². The fourth-order valence-corrected chi connectivity index (χ4v) is 4.76. The quantitative estimate of drug-likeness (QED) is 0.135. The maximum atomic E-state index is 12.7. The number of fused-ring (bicyclic) bond motifs is 1. The normalized spacial score (nSPS) is 11.0. The molecule has 44 heavy (non-hydrogen) atoms. The number of hydrogen-bond donors (Lipinski definition) is 3. The van der Waals surface area contributed by atoms with Crippen molar-refractivity contribution in [3.05, 3.63) is 130 Å². The van der Waals surface area contributed by atoms with Gasteiger partial charge in [0.2, 0.25) is 0 Å². The lowest BCUT2D eigenvalue weighted by Crippen LogP contribution is -2.28. The first-order valence-electron chi connectivity index (χ1n) is 13.6. The summed E-state index contributed by atoms with van der Waals surface area (Å²) in [6, 6.07) is 30.1. The van der Waals surface area contributed by atoms with Crippen LogP contribution >= 0.6 is 23.2 Å². The fraction of sp³-hybridized carbons (Fsp3) is 0.0882. The molecule has 0 unspecified atom stereocenters. The third kappa shape index (κ3) is 7.66. The molecule has 0 aliphatic rings. The van der Waals surface area contributed by atoms with Gasteiger partial charge in [-0.05, 0) is 60.0 Å². The van der Waals surface area contributed by atoms with E-state index in [1.165, 1.54) is 18.2 Å². The van der Waals surface area contributed by atoms with Crippen molar-refractivity contribution in [2.24, 2.45) is 4.99 Å². The Balaban J connectivity index is 1.19. The van der Waals surface area contributed by atoms with Crippen molar-refractivity contribution >= 4 is 52.0 Å². The number of hydrogen-bond acceptors (Lipinski definition) is 6. The second kappa shape index (κ2) is 14.4. The SMILES string of the molecule is O=C(COc1ccc(/C=N/CNC(=O)c2ccc(O)c(Cl)c2)c2ccccc12)NCc1c(Cl)cccc1Oc1ccccc1. The highest BCUT2D eigenvalue weighted by molar-refractivity contribution is 6.32. The van der Waals surface area contributed by atoms with Gasteiger partial charge in [0, 0.05) is 39.9 Å². The molecular weight excluding hydrogens is 601 g/mol. The fourth-order valence-electron chi connectivity index (χ4n) is 4.35. The summed E-state index contributed by atoms with van der Waals surface area (Å²) < 4.78 is 11.9. The maximum absolute atomic E-state index is 12.7. The number of phenolic OH excluding ortho intramolecular Hbond substituents is 1. The lowest BCUT2D eigenvalue weighted by Gasteiger charge is -2.14. The van der Waals surface area contributed by atoms with Gasteiger partial charge in [-0.15, -0.1) is 0 Å². The number of nitrogens with one attached hydrogen (secondary N) is 2. The van der Waals surface area contributed by atoms with Gasteiger partial charge in [-0.1, -0.05) is 71.7 Å². The molecule has 0 spiro atoms. The van der Waals surface area contributed by atoms with Gasteiger partial charge in [0.05, 0.1) is 5.02 Å². The Morgan fingerprint density at radius 2 is 1.57 bits per heavy atom. The van der Waals surface area contributed by atoms with Crippen molar-refractivity contribution in [1.82, 2.24) is 10.6 Å². The smallest absolute Gasteiger partial charge is 0.258 e. The number of para-hydroxylation sites is 1. The van der Waals surface area contributed by atoms with Crippen LogP contribution in [0.1, 0.15) is 21.5 Å². The van der Waals surface area contributed by atoms with Crippen molar-refractivity contribution in [1.29, 1.82) is 0 Å². The van der Waals surface area contributed by atoms with E-state index in [1.54, 1.807) is 30.5 Å². The third-order valence-electron chi connectivity index (χ3n) is 6.56.